The second kappa shape index (κ2) is 12.0. The lowest BCUT2D eigenvalue weighted by atomic mass is 9.88. The van der Waals surface area contributed by atoms with E-state index in [-0.39, 0.29) is 17.7 Å². The van der Waals surface area contributed by atoms with E-state index in [0.29, 0.717) is 5.56 Å². The third-order valence-corrected chi connectivity index (χ3v) is 5.81. The van der Waals surface area contributed by atoms with Crippen LogP contribution in [0.1, 0.15) is 80.6 Å². The SMILES string of the molecule is CCCCCC(=NNC(=O)c1ccc(NC(=O)C2CCCCC2)cc1)c1ccccc1. The van der Waals surface area contributed by atoms with Crippen molar-refractivity contribution in [2.45, 2.75) is 64.7 Å². The van der Waals surface area contributed by atoms with Crippen molar-refractivity contribution < 1.29 is 9.59 Å². The minimum absolute atomic E-state index is 0.0843. The molecule has 0 heterocycles. The van der Waals surface area contributed by atoms with Crippen molar-refractivity contribution in [3.63, 3.8) is 0 Å². The fourth-order valence-electron chi connectivity index (χ4n) is 3.93. The number of unbranched alkanes of at least 4 members (excludes halogenated alkanes) is 2. The van der Waals surface area contributed by atoms with E-state index >= 15 is 0 Å². The monoisotopic (exact) mass is 419 g/mol. The molecule has 1 aliphatic carbocycles. The summed E-state index contributed by atoms with van der Waals surface area (Å²) in [4.78, 5) is 25.0. The van der Waals surface area contributed by atoms with Gasteiger partial charge in [0.05, 0.1) is 5.71 Å². The summed E-state index contributed by atoms with van der Waals surface area (Å²) in [7, 11) is 0. The molecule has 5 heteroatoms. The number of hydrazone groups is 1. The Morgan fingerprint density at radius 2 is 1.61 bits per heavy atom. The van der Waals surface area contributed by atoms with Gasteiger partial charge in [-0.15, -0.1) is 0 Å². The molecule has 31 heavy (non-hydrogen) atoms. The van der Waals surface area contributed by atoms with Crippen LogP contribution < -0.4 is 10.7 Å². The summed E-state index contributed by atoms with van der Waals surface area (Å²) >= 11 is 0. The lowest BCUT2D eigenvalue weighted by molar-refractivity contribution is -0.120. The lowest BCUT2D eigenvalue weighted by Crippen LogP contribution is -2.24. The molecule has 1 saturated carbocycles. The molecular formula is C26H33N3O2. The van der Waals surface area contributed by atoms with E-state index in [1.54, 1.807) is 24.3 Å². The van der Waals surface area contributed by atoms with E-state index in [0.717, 1.165) is 68.3 Å². The Balaban J connectivity index is 1.60. The number of carbonyl (C=O) groups is 2. The van der Waals surface area contributed by atoms with Gasteiger partial charge in [-0.1, -0.05) is 69.4 Å². The van der Waals surface area contributed by atoms with Gasteiger partial charge in [0.2, 0.25) is 5.91 Å². The Labute approximate surface area is 185 Å². The maximum atomic E-state index is 12.6. The standard InChI is InChI=1S/C26H33N3O2/c1-2-3-6-15-24(20-11-7-4-8-12-20)28-29-26(31)22-16-18-23(19-17-22)27-25(30)21-13-9-5-10-14-21/h4,7-8,11-12,16-19,21H,2-3,5-6,9-10,13-15H2,1H3,(H,27,30)(H,29,31). The zero-order chi connectivity index (χ0) is 21.9. The molecule has 0 aliphatic heterocycles. The average molecular weight is 420 g/mol. The molecule has 0 saturated heterocycles. The van der Waals surface area contributed by atoms with Crippen molar-refractivity contribution in [3.8, 4) is 0 Å². The molecule has 0 spiro atoms. The van der Waals surface area contributed by atoms with Gasteiger partial charge in [-0.2, -0.15) is 5.10 Å². The van der Waals surface area contributed by atoms with Crippen LogP contribution in [-0.2, 0) is 4.79 Å². The molecular weight excluding hydrogens is 386 g/mol. The highest BCUT2D eigenvalue weighted by atomic mass is 16.2. The molecule has 2 N–H and O–H groups in total. The predicted octanol–water partition coefficient (Wildman–Crippen LogP) is 5.92. The van der Waals surface area contributed by atoms with Crippen molar-refractivity contribution in [3.05, 3.63) is 65.7 Å². The third kappa shape index (κ3) is 7.06. The lowest BCUT2D eigenvalue weighted by Gasteiger charge is -2.20. The van der Waals surface area contributed by atoms with Crippen molar-refractivity contribution >= 4 is 23.2 Å². The van der Waals surface area contributed by atoms with Crippen LogP contribution >= 0.6 is 0 Å². The zero-order valence-corrected chi connectivity index (χ0v) is 18.4. The number of nitrogens with zero attached hydrogens (tertiary/aromatic N) is 1. The van der Waals surface area contributed by atoms with Crippen molar-refractivity contribution in [2.24, 2.45) is 11.0 Å². The van der Waals surface area contributed by atoms with Crippen LogP contribution in [0.2, 0.25) is 0 Å². The number of anilines is 1. The number of benzene rings is 2. The van der Waals surface area contributed by atoms with Crippen LogP contribution in [0.4, 0.5) is 5.69 Å². The topological polar surface area (TPSA) is 70.6 Å². The Morgan fingerprint density at radius 1 is 0.903 bits per heavy atom. The second-order valence-corrected chi connectivity index (χ2v) is 8.22. The molecule has 0 bridgehead atoms. The van der Waals surface area contributed by atoms with Crippen LogP contribution in [0.25, 0.3) is 0 Å². The number of hydrogen-bond acceptors (Lipinski definition) is 3. The van der Waals surface area contributed by atoms with Gasteiger partial charge in [0.15, 0.2) is 0 Å². The molecule has 2 aromatic rings. The summed E-state index contributed by atoms with van der Waals surface area (Å²) in [5.74, 6) is -0.0645. The molecule has 0 aromatic heterocycles. The first-order chi connectivity index (χ1) is 15.2. The number of nitrogens with one attached hydrogen (secondary N) is 2. The Bertz CT molecular complexity index is 869. The highest BCUT2D eigenvalue weighted by Gasteiger charge is 2.21. The molecule has 0 radical (unpaired) electrons. The van der Waals surface area contributed by atoms with Crippen molar-refractivity contribution in [2.75, 3.05) is 5.32 Å². The minimum Gasteiger partial charge on any atom is -0.326 e. The van der Waals surface area contributed by atoms with Crippen LogP contribution in [0.5, 0.6) is 0 Å². The first-order valence-electron chi connectivity index (χ1n) is 11.5. The molecule has 2 aromatic carbocycles. The van der Waals surface area contributed by atoms with Crippen molar-refractivity contribution in [1.29, 1.82) is 0 Å². The Hall–Kier alpha value is -2.95. The summed E-state index contributed by atoms with van der Waals surface area (Å²) in [6, 6.07) is 17.0. The van der Waals surface area contributed by atoms with E-state index in [2.05, 4.69) is 22.8 Å². The molecule has 0 atom stereocenters. The number of rotatable bonds is 9. The van der Waals surface area contributed by atoms with Gasteiger partial charge in [-0.3, -0.25) is 9.59 Å². The van der Waals surface area contributed by atoms with E-state index in [1.165, 1.54) is 6.42 Å². The molecule has 3 rings (SSSR count). The maximum Gasteiger partial charge on any atom is 0.271 e. The Morgan fingerprint density at radius 3 is 2.29 bits per heavy atom. The summed E-state index contributed by atoms with van der Waals surface area (Å²) in [6.45, 7) is 2.17. The normalized spacial score (nSPS) is 14.8. The van der Waals surface area contributed by atoms with E-state index < -0.39 is 0 Å². The first-order valence-corrected chi connectivity index (χ1v) is 11.5. The number of carbonyl (C=O) groups excluding carboxylic acids is 2. The van der Waals surface area contributed by atoms with Gasteiger partial charge in [0.25, 0.3) is 5.91 Å². The van der Waals surface area contributed by atoms with Gasteiger partial charge in [-0.25, -0.2) is 5.43 Å². The van der Waals surface area contributed by atoms with Gasteiger partial charge in [0, 0.05) is 17.2 Å². The highest BCUT2D eigenvalue weighted by Crippen LogP contribution is 2.25. The largest absolute Gasteiger partial charge is 0.326 e. The minimum atomic E-state index is -0.255. The third-order valence-electron chi connectivity index (χ3n) is 5.81. The molecule has 2 amide bonds. The molecule has 0 unspecified atom stereocenters. The molecule has 164 valence electrons. The van der Waals surface area contributed by atoms with Crippen LogP contribution in [0, 0.1) is 5.92 Å². The second-order valence-electron chi connectivity index (χ2n) is 8.22. The summed E-state index contributed by atoms with van der Waals surface area (Å²) < 4.78 is 0. The first kappa shape index (κ1) is 22.7. The molecule has 5 nitrogen and oxygen atoms in total. The molecule has 1 aliphatic rings. The fourth-order valence-corrected chi connectivity index (χ4v) is 3.93. The smallest absolute Gasteiger partial charge is 0.271 e. The quantitative estimate of drug-likeness (QED) is 0.301. The number of hydrogen-bond donors (Lipinski definition) is 2. The van der Waals surface area contributed by atoms with Gasteiger partial charge in [-0.05, 0) is 55.5 Å². The maximum absolute atomic E-state index is 12.6. The Kier molecular flexibility index (Phi) is 8.83. The summed E-state index contributed by atoms with van der Waals surface area (Å²) in [6.07, 6.45) is 9.53. The molecule has 1 fully saturated rings. The number of amides is 2. The van der Waals surface area contributed by atoms with Crippen LogP contribution in [-0.4, -0.2) is 17.5 Å². The zero-order valence-electron chi connectivity index (χ0n) is 18.4. The average Bonchev–Trinajstić information content (AvgIpc) is 2.82. The van der Waals surface area contributed by atoms with Gasteiger partial charge in [0.1, 0.15) is 0 Å². The highest BCUT2D eigenvalue weighted by molar-refractivity contribution is 6.02. The van der Waals surface area contributed by atoms with Gasteiger partial charge < -0.3 is 5.32 Å². The summed E-state index contributed by atoms with van der Waals surface area (Å²) in [5.41, 5.74) is 5.85. The van der Waals surface area contributed by atoms with E-state index in [1.807, 2.05) is 30.3 Å². The summed E-state index contributed by atoms with van der Waals surface area (Å²) in [5, 5.41) is 7.40. The van der Waals surface area contributed by atoms with Gasteiger partial charge >= 0.3 is 0 Å². The van der Waals surface area contributed by atoms with Crippen LogP contribution in [0.15, 0.2) is 59.7 Å². The van der Waals surface area contributed by atoms with E-state index in [4.69, 9.17) is 0 Å². The van der Waals surface area contributed by atoms with E-state index in [9.17, 15) is 9.59 Å². The van der Waals surface area contributed by atoms with Crippen molar-refractivity contribution in [1.82, 2.24) is 5.43 Å². The predicted molar refractivity (Wildman–Crippen MR) is 126 cm³/mol. The van der Waals surface area contributed by atoms with Crippen LogP contribution in [0.3, 0.4) is 0 Å². The fraction of sp³-hybridized carbons (Fsp3) is 0.423.